The predicted molar refractivity (Wildman–Crippen MR) is 42.2 cm³/mol. The summed E-state index contributed by atoms with van der Waals surface area (Å²) < 4.78 is 0. The van der Waals surface area contributed by atoms with Crippen LogP contribution in [-0.4, -0.2) is 24.5 Å². The fourth-order valence-electron chi connectivity index (χ4n) is 1.37. The van der Waals surface area contributed by atoms with E-state index in [0.717, 1.165) is 13.0 Å². The molecule has 2 N–H and O–H groups in total. The average molecular weight is 154 g/mol. The molecule has 3 nitrogen and oxygen atoms in total. The fourth-order valence-corrected chi connectivity index (χ4v) is 1.37. The van der Waals surface area contributed by atoms with Gasteiger partial charge in [0.2, 0.25) is 5.91 Å². The predicted octanol–water partition coefficient (Wildman–Crippen LogP) is 0.0170. The topological polar surface area (TPSA) is 41.1 Å². The first-order valence-electron chi connectivity index (χ1n) is 4.40. The van der Waals surface area contributed by atoms with Gasteiger partial charge in [0.15, 0.2) is 0 Å². The molecule has 1 amide bonds. The standard InChI is InChI=1S/C8H14N2O/c11-8(7-4-5-9-7)10-6-2-1-3-6/h6-7,9H,1-5H2,(H,10,11)/t7-/m0/s1. The second-order valence-corrected chi connectivity index (χ2v) is 3.43. The quantitative estimate of drug-likeness (QED) is 0.588. The van der Waals surface area contributed by atoms with E-state index in [-0.39, 0.29) is 11.9 Å². The van der Waals surface area contributed by atoms with Gasteiger partial charge >= 0.3 is 0 Å². The van der Waals surface area contributed by atoms with E-state index in [1.165, 1.54) is 19.3 Å². The Hall–Kier alpha value is -0.570. The van der Waals surface area contributed by atoms with Gasteiger partial charge in [-0.2, -0.15) is 0 Å². The molecule has 0 aromatic rings. The zero-order valence-electron chi connectivity index (χ0n) is 6.60. The molecule has 3 heteroatoms. The largest absolute Gasteiger partial charge is 0.352 e. The molecule has 1 saturated heterocycles. The fraction of sp³-hybridized carbons (Fsp3) is 0.875. The third kappa shape index (κ3) is 1.38. The van der Waals surface area contributed by atoms with Crippen molar-refractivity contribution in [3.8, 4) is 0 Å². The minimum absolute atomic E-state index is 0.121. The number of nitrogens with one attached hydrogen (secondary N) is 2. The van der Waals surface area contributed by atoms with E-state index in [1.54, 1.807) is 0 Å². The van der Waals surface area contributed by atoms with E-state index in [9.17, 15) is 4.79 Å². The zero-order valence-corrected chi connectivity index (χ0v) is 6.60. The summed E-state index contributed by atoms with van der Waals surface area (Å²) in [6, 6.07) is 0.612. The van der Waals surface area contributed by atoms with E-state index < -0.39 is 0 Å². The molecule has 0 unspecified atom stereocenters. The zero-order chi connectivity index (χ0) is 7.68. The van der Waals surface area contributed by atoms with Gasteiger partial charge < -0.3 is 10.6 Å². The molecule has 62 valence electrons. The van der Waals surface area contributed by atoms with Crippen LogP contribution in [0.5, 0.6) is 0 Å². The second-order valence-electron chi connectivity index (χ2n) is 3.43. The van der Waals surface area contributed by atoms with Gasteiger partial charge in [-0.05, 0) is 32.2 Å². The highest BCUT2D eigenvalue weighted by Crippen LogP contribution is 2.18. The van der Waals surface area contributed by atoms with Crippen LogP contribution in [0.4, 0.5) is 0 Å². The van der Waals surface area contributed by atoms with E-state index in [4.69, 9.17) is 0 Å². The van der Waals surface area contributed by atoms with Crippen LogP contribution in [0.1, 0.15) is 25.7 Å². The van der Waals surface area contributed by atoms with Crippen LogP contribution in [0, 0.1) is 0 Å². The van der Waals surface area contributed by atoms with Crippen LogP contribution in [0.15, 0.2) is 0 Å². The van der Waals surface area contributed by atoms with Crippen molar-refractivity contribution in [2.75, 3.05) is 6.54 Å². The number of rotatable bonds is 2. The van der Waals surface area contributed by atoms with Crippen molar-refractivity contribution in [1.82, 2.24) is 10.6 Å². The molecule has 2 fully saturated rings. The van der Waals surface area contributed by atoms with E-state index in [1.807, 2.05) is 0 Å². The summed E-state index contributed by atoms with van der Waals surface area (Å²) in [4.78, 5) is 11.3. The van der Waals surface area contributed by atoms with Gasteiger partial charge in [-0.3, -0.25) is 4.79 Å². The molecule has 2 aliphatic rings. The van der Waals surface area contributed by atoms with Crippen molar-refractivity contribution in [1.29, 1.82) is 0 Å². The Morgan fingerprint density at radius 3 is 2.45 bits per heavy atom. The number of hydrogen-bond acceptors (Lipinski definition) is 2. The maximum atomic E-state index is 11.3. The Bertz CT molecular complexity index is 161. The Kier molecular flexibility index (Phi) is 1.82. The lowest BCUT2D eigenvalue weighted by Crippen LogP contribution is -2.56. The SMILES string of the molecule is O=C(NC1CCC1)[C@@H]1CCN1. The summed E-state index contributed by atoms with van der Waals surface area (Å²) in [7, 11) is 0. The first kappa shape index (κ1) is 7.10. The van der Waals surface area contributed by atoms with Gasteiger partial charge in [-0.15, -0.1) is 0 Å². The van der Waals surface area contributed by atoms with Crippen molar-refractivity contribution >= 4 is 5.91 Å². The lowest BCUT2D eigenvalue weighted by molar-refractivity contribution is -0.125. The van der Waals surface area contributed by atoms with Gasteiger partial charge in [0.05, 0.1) is 6.04 Å². The molecule has 0 radical (unpaired) electrons. The molecule has 2 rings (SSSR count). The third-order valence-electron chi connectivity index (χ3n) is 2.59. The Morgan fingerprint density at radius 1 is 1.36 bits per heavy atom. The molecule has 0 bridgehead atoms. The van der Waals surface area contributed by atoms with Gasteiger partial charge in [0.1, 0.15) is 0 Å². The van der Waals surface area contributed by atoms with Gasteiger partial charge in [0.25, 0.3) is 0 Å². The van der Waals surface area contributed by atoms with E-state index in [0.29, 0.717) is 6.04 Å². The maximum Gasteiger partial charge on any atom is 0.237 e. The highest BCUT2D eigenvalue weighted by molar-refractivity contribution is 5.82. The molecule has 1 aliphatic heterocycles. The summed E-state index contributed by atoms with van der Waals surface area (Å²) in [5, 5.41) is 6.10. The van der Waals surface area contributed by atoms with Crippen LogP contribution in [0.2, 0.25) is 0 Å². The number of carbonyl (C=O) groups is 1. The number of carbonyl (C=O) groups excluding carboxylic acids is 1. The minimum Gasteiger partial charge on any atom is -0.352 e. The highest BCUT2D eigenvalue weighted by Gasteiger charge is 2.27. The summed E-state index contributed by atoms with van der Waals surface area (Å²) >= 11 is 0. The first-order chi connectivity index (χ1) is 5.36. The van der Waals surface area contributed by atoms with Crippen LogP contribution in [0.25, 0.3) is 0 Å². The van der Waals surface area contributed by atoms with Crippen molar-refractivity contribution in [3.63, 3.8) is 0 Å². The molecule has 1 atom stereocenters. The maximum absolute atomic E-state index is 11.3. The van der Waals surface area contributed by atoms with Crippen molar-refractivity contribution in [3.05, 3.63) is 0 Å². The van der Waals surface area contributed by atoms with E-state index in [2.05, 4.69) is 10.6 Å². The Balaban J connectivity index is 1.71. The van der Waals surface area contributed by atoms with E-state index >= 15 is 0 Å². The molecule has 1 saturated carbocycles. The van der Waals surface area contributed by atoms with Crippen molar-refractivity contribution in [2.24, 2.45) is 0 Å². The third-order valence-corrected chi connectivity index (χ3v) is 2.59. The van der Waals surface area contributed by atoms with Crippen LogP contribution >= 0.6 is 0 Å². The number of hydrogen-bond donors (Lipinski definition) is 2. The molecule has 0 aromatic carbocycles. The minimum atomic E-state index is 0.121. The Labute approximate surface area is 66.5 Å². The van der Waals surface area contributed by atoms with Gasteiger partial charge in [-0.1, -0.05) is 0 Å². The molecular weight excluding hydrogens is 140 g/mol. The summed E-state index contributed by atoms with van der Waals surface area (Å²) in [6.45, 7) is 1.00. The monoisotopic (exact) mass is 154 g/mol. The van der Waals surface area contributed by atoms with Gasteiger partial charge in [0, 0.05) is 6.04 Å². The Morgan fingerprint density at radius 2 is 2.09 bits per heavy atom. The highest BCUT2D eigenvalue weighted by atomic mass is 16.2. The summed E-state index contributed by atoms with van der Waals surface area (Å²) in [5.41, 5.74) is 0. The first-order valence-corrected chi connectivity index (χ1v) is 4.40. The summed E-state index contributed by atoms with van der Waals surface area (Å²) in [6.07, 6.45) is 4.65. The molecule has 0 aromatic heterocycles. The number of amides is 1. The molecule has 0 spiro atoms. The van der Waals surface area contributed by atoms with Crippen LogP contribution in [0.3, 0.4) is 0 Å². The molecule has 1 heterocycles. The van der Waals surface area contributed by atoms with Crippen molar-refractivity contribution < 1.29 is 4.79 Å². The second kappa shape index (κ2) is 2.81. The molecular formula is C8H14N2O. The van der Waals surface area contributed by atoms with Crippen molar-refractivity contribution in [2.45, 2.75) is 37.8 Å². The van der Waals surface area contributed by atoms with Gasteiger partial charge in [-0.25, -0.2) is 0 Å². The lowest BCUT2D eigenvalue weighted by atomic mass is 9.92. The molecule has 11 heavy (non-hydrogen) atoms. The average Bonchev–Trinajstić information content (AvgIpc) is 1.74. The summed E-state index contributed by atoms with van der Waals surface area (Å²) in [5.74, 6) is 0.209. The smallest absolute Gasteiger partial charge is 0.237 e. The normalized spacial score (nSPS) is 30.4. The van der Waals surface area contributed by atoms with Crippen LogP contribution in [-0.2, 0) is 4.79 Å². The lowest BCUT2D eigenvalue weighted by Gasteiger charge is -2.32. The van der Waals surface area contributed by atoms with Crippen LogP contribution < -0.4 is 10.6 Å². The molecule has 1 aliphatic carbocycles.